The van der Waals surface area contributed by atoms with Crippen molar-refractivity contribution in [3.63, 3.8) is 0 Å². The van der Waals surface area contributed by atoms with Crippen LogP contribution in [0.1, 0.15) is 38.8 Å². The topological polar surface area (TPSA) is 114 Å². The Kier molecular flexibility index (Phi) is 9.62. The van der Waals surface area contributed by atoms with Crippen molar-refractivity contribution in [1.82, 2.24) is 10.6 Å². The smallest absolute Gasteiger partial charge is 0.326 e. The Morgan fingerprint density at radius 2 is 1.47 bits per heavy atom. The van der Waals surface area contributed by atoms with Gasteiger partial charge in [-0.05, 0) is 57.4 Å². The number of benzene rings is 2. The summed E-state index contributed by atoms with van der Waals surface area (Å²) in [5, 5.41) is 15.1. The molecular formula is C26H34N2O6. The number of carboxylic acids is 1. The summed E-state index contributed by atoms with van der Waals surface area (Å²) < 4.78 is 10.7. The monoisotopic (exact) mass is 470 g/mol. The minimum atomic E-state index is -1.13. The molecule has 1 amide bonds. The number of methoxy groups -OCH3 is 1. The average molecular weight is 471 g/mol. The number of amides is 1. The molecule has 2 aromatic carbocycles. The third kappa shape index (κ3) is 8.86. The zero-order valence-electron chi connectivity index (χ0n) is 20.3. The van der Waals surface area contributed by atoms with Crippen molar-refractivity contribution < 1.29 is 29.0 Å². The van der Waals surface area contributed by atoms with Gasteiger partial charge in [0.15, 0.2) is 0 Å². The van der Waals surface area contributed by atoms with E-state index in [0.29, 0.717) is 5.75 Å². The Morgan fingerprint density at radius 3 is 2.00 bits per heavy atom. The summed E-state index contributed by atoms with van der Waals surface area (Å²) in [5.41, 5.74) is 1.32. The Morgan fingerprint density at radius 1 is 0.912 bits per heavy atom. The lowest BCUT2D eigenvalue weighted by Gasteiger charge is -2.23. The number of ether oxygens (including phenoxy) is 2. The Labute approximate surface area is 200 Å². The number of aliphatic carboxylic acids is 1. The molecule has 34 heavy (non-hydrogen) atoms. The van der Waals surface area contributed by atoms with E-state index in [1.807, 2.05) is 63.2 Å². The van der Waals surface area contributed by atoms with Gasteiger partial charge < -0.3 is 19.9 Å². The molecule has 0 aliphatic heterocycles. The van der Waals surface area contributed by atoms with Crippen LogP contribution in [0.2, 0.25) is 0 Å². The number of esters is 1. The van der Waals surface area contributed by atoms with Gasteiger partial charge in [0.2, 0.25) is 5.91 Å². The Hall–Kier alpha value is -3.39. The quantitative estimate of drug-likeness (QED) is 0.433. The van der Waals surface area contributed by atoms with Crippen LogP contribution in [0.4, 0.5) is 0 Å². The molecular weight excluding hydrogens is 436 g/mol. The standard InChI is InChI=1S/C26H34N2O6/c1-17(23(29)28-21(24(30)31)15-18-9-7-6-8-10-18)27-22(25(32)33-5)16-19-11-13-20(14-12-19)34-26(2,3)4/h6-14,17,21-22,27H,15-16H2,1-5H3,(H,28,29)(H,30,31)/t17-,21+,22-/m1/s1. The summed E-state index contributed by atoms with van der Waals surface area (Å²) in [6, 6.07) is 13.7. The van der Waals surface area contributed by atoms with Crippen LogP contribution >= 0.6 is 0 Å². The zero-order valence-corrected chi connectivity index (χ0v) is 20.3. The number of carboxylic acid groups (broad SMARTS) is 1. The highest BCUT2D eigenvalue weighted by atomic mass is 16.5. The summed E-state index contributed by atoms with van der Waals surface area (Å²) in [4.78, 5) is 36.8. The molecule has 3 atom stereocenters. The van der Waals surface area contributed by atoms with Gasteiger partial charge >= 0.3 is 11.9 Å². The molecule has 8 nitrogen and oxygen atoms in total. The lowest BCUT2D eigenvalue weighted by atomic mass is 10.0. The molecule has 0 bridgehead atoms. The van der Waals surface area contributed by atoms with Gasteiger partial charge in [0.25, 0.3) is 0 Å². The zero-order chi connectivity index (χ0) is 25.3. The maximum Gasteiger partial charge on any atom is 0.326 e. The fourth-order valence-electron chi connectivity index (χ4n) is 3.36. The van der Waals surface area contributed by atoms with E-state index in [2.05, 4.69) is 10.6 Å². The minimum Gasteiger partial charge on any atom is -0.488 e. The molecule has 0 aromatic heterocycles. The third-order valence-corrected chi connectivity index (χ3v) is 5.01. The number of carbonyl (C=O) groups is 3. The van der Waals surface area contributed by atoms with Crippen molar-refractivity contribution >= 4 is 17.8 Å². The van der Waals surface area contributed by atoms with E-state index in [1.54, 1.807) is 19.1 Å². The summed E-state index contributed by atoms with van der Waals surface area (Å²) in [6.45, 7) is 7.45. The predicted molar refractivity (Wildman–Crippen MR) is 129 cm³/mol. The van der Waals surface area contributed by atoms with E-state index in [0.717, 1.165) is 11.1 Å². The molecule has 0 aliphatic carbocycles. The number of hydrogen-bond donors (Lipinski definition) is 3. The first-order valence-electron chi connectivity index (χ1n) is 11.2. The van der Waals surface area contributed by atoms with Crippen molar-refractivity contribution in [2.24, 2.45) is 0 Å². The van der Waals surface area contributed by atoms with Crippen LogP contribution in [0.15, 0.2) is 54.6 Å². The Balaban J connectivity index is 2.03. The number of nitrogens with one attached hydrogen (secondary N) is 2. The molecule has 0 radical (unpaired) electrons. The average Bonchev–Trinajstić information content (AvgIpc) is 2.78. The molecule has 0 aliphatic rings. The fraction of sp³-hybridized carbons (Fsp3) is 0.423. The molecule has 2 aromatic rings. The fourth-order valence-corrected chi connectivity index (χ4v) is 3.36. The molecule has 0 heterocycles. The highest BCUT2D eigenvalue weighted by Crippen LogP contribution is 2.19. The maximum atomic E-state index is 12.7. The SMILES string of the molecule is COC(=O)[C@@H](Cc1ccc(OC(C)(C)C)cc1)N[C@H](C)C(=O)N[C@@H](Cc1ccccc1)C(=O)O. The molecule has 3 N–H and O–H groups in total. The lowest BCUT2D eigenvalue weighted by Crippen LogP contribution is -2.54. The van der Waals surface area contributed by atoms with E-state index in [1.165, 1.54) is 7.11 Å². The minimum absolute atomic E-state index is 0.151. The summed E-state index contributed by atoms with van der Waals surface area (Å²) in [7, 11) is 1.28. The van der Waals surface area contributed by atoms with Crippen molar-refractivity contribution in [3.05, 3.63) is 65.7 Å². The first kappa shape index (κ1) is 26.9. The molecule has 0 saturated carbocycles. The molecule has 0 unspecified atom stereocenters. The van der Waals surface area contributed by atoms with Gasteiger partial charge in [-0.15, -0.1) is 0 Å². The van der Waals surface area contributed by atoms with E-state index >= 15 is 0 Å². The van der Waals surface area contributed by atoms with Crippen molar-refractivity contribution in [3.8, 4) is 5.75 Å². The number of carbonyl (C=O) groups excluding carboxylic acids is 2. The highest BCUT2D eigenvalue weighted by molar-refractivity contribution is 5.87. The molecule has 0 saturated heterocycles. The predicted octanol–water partition coefficient (Wildman–Crippen LogP) is 2.74. The molecule has 0 fully saturated rings. The van der Waals surface area contributed by atoms with Gasteiger partial charge in [0.1, 0.15) is 23.4 Å². The second-order valence-corrected chi connectivity index (χ2v) is 9.12. The largest absolute Gasteiger partial charge is 0.488 e. The molecule has 0 spiro atoms. The normalized spacial score (nSPS) is 13.9. The van der Waals surface area contributed by atoms with E-state index in [4.69, 9.17) is 9.47 Å². The van der Waals surface area contributed by atoms with Crippen LogP contribution < -0.4 is 15.4 Å². The van der Waals surface area contributed by atoms with Crippen LogP contribution in [0.5, 0.6) is 5.75 Å². The summed E-state index contributed by atoms with van der Waals surface area (Å²) in [5.74, 6) is -1.46. The van der Waals surface area contributed by atoms with Crippen LogP contribution in [0.25, 0.3) is 0 Å². The second kappa shape index (κ2) is 12.2. The Bertz CT molecular complexity index is 954. The van der Waals surface area contributed by atoms with E-state index in [-0.39, 0.29) is 18.4 Å². The van der Waals surface area contributed by atoms with E-state index < -0.39 is 36.0 Å². The van der Waals surface area contributed by atoms with Crippen LogP contribution in [0, 0.1) is 0 Å². The van der Waals surface area contributed by atoms with Crippen molar-refractivity contribution in [1.29, 1.82) is 0 Å². The molecule has 8 heteroatoms. The van der Waals surface area contributed by atoms with Gasteiger partial charge in [-0.1, -0.05) is 42.5 Å². The van der Waals surface area contributed by atoms with Crippen LogP contribution in [0.3, 0.4) is 0 Å². The van der Waals surface area contributed by atoms with Gasteiger partial charge in [-0.25, -0.2) is 4.79 Å². The van der Waals surface area contributed by atoms with Gasteiger partial charge in [0.05, 0.1) is 13.2 Å². The second-order valence-electron chi connectivity index (χ2n) is 9.12. The van der Waals surface area contributed by atoms with Gasteiger partial charge in [-0.2, -0.15) is 0 Å². The third-order valence-electron chi connectivity index (χ3n) is 5.01. The lowest BCUT2D eigenvalue weighted by molar-refractivity contribution is -0.144. The van der Waals surface area contributed by atoms with Crippen LogP contribution in [-0.4, -0.2) is 53.8 Å². The first-order chi connectivity index (χ1) is 16.0. The van der Waals surface area contributed by atoms with Crippen molar-refractivity contribution in [2.75, 3.05) is 7.11 Å². The van der Waals surface area contributed by atoms with E-state index in [9.17, 15) is 19.5 Å². The van der Waals surface area contributed by atoms with Gasteiger partial charge in [-0.3, -0.25) is 14.9 Å². The number of rotatable bonds is 11. The van der Waals surface area contributed by atoms with Crippen LogP contribution in [-0.2, 0) is 32.0 Å². The summed E-state index contributed by atoms with van der Waals surface area (Å²) >= 11 is 0. The number of hydrogen-bond acceptors (Lipinski definition) is 6. The van der Waals surface area contributed by atoms with Gasteiger partial charge in [0, 0.05) is 6.42 Å². The van der Waals surface area contributed by atoms with Crippen molar-refractivity contribution in [2.45, 2.75) is 64.3 Å². The maximum absolute atomic E-state index is 12.7. The molecule has 184 valence electrons. The summed E-state index contributed by atoms with van der Waals surface area (Å²) in [6.07, 6.45) is 0.435. The molecule has 2 rings (SSSR count). The first-order valence-corrected chi connectivity index (χ1v) is 11.2. The highest BCUT2D eigenvalue weighted by Gasteiger charge is 2.28.